The van der Waals surface area contributed by atoms with Crippen LogP contribution in [-0.4, -0.2) is 45.3 Å². The van der Waals surface area contributed by atoms with Crippen molar-refractivity contribution in [1.29, 1.82) is 5.41 Å². The van der Waals surface area contributed by atoms with E-state index < -0.39 is 0 Å². The first-order chi connectivity index (χ1) is 18.1. The summed E-state index contributed by atoms with van der Waals surface area (Å²) in [6, 6.07) is 18.6. The quantitative estimate of drug-likeness (QED) is 0.251. The van der Waals surface area contributed by atoms with E-state index in [0.717, 1.165) is 64.3 Å². The SMILES string of the molecule is CC1=NN=[N+](C)C1=c1cnc2c(c1)[N+]([C@H](c1ccccc1)C1CCOCC1)=c1cc(C(=N)S[O-])ccc1=2. The first-order valence-electron chi connectivity index (χ1n) is 12.4. The molecule has 1 N–H and O–H groups in total. The van der Waals surface area contributed by atoms with Crippen molar-refractivity contribution in [1.82, 2.24) is 9.56 Å². The van der Waals surface area contributed by atoms with Crippen LogP contribution in [0.4, 0.5) is 5.69 Å². The number of benzene rings is 2. The maximum Gasteiger partial charge on any atom is 0.233 e. The Morgan fingerprint density at radius 2 is 1.92 bits per heavy atom. The number of nitrogens with one attached hydrogen (secondary N) is 1. The number of fused-ring (bicyclic) bond motifs is 2. The Hall–Kier alpha value is -3.53. The van der Waals surface area contributed by atoms with Gasteiger partial charge in [0, 0.05) is 55.5 Å². The topological polar surface area (TPSA) is 99.8 Å². The van der Waals surface area contributed by atoms with Crippen molar-refractivity contribution in [3.63, 3.8) is 0 Å². The van der Waals surface area contributed by atoms with Crippen LogP contribution in [0.3, 0.4) is 0 Å². The minimum absolute atomic E-state index is 0.00580. The second-order valence-corrected chi connectivity index (χ2v) is 10.1. The zero-order chi connectivity index (χ0) is 25.5. The van der Waals surface area contributed by atoms with Gasteiger partial charge in [0.05, 0.1) is 20.6 Å². The number of rotatable bonds is 4. The van der Waals surface area contributed by atoms with E-state index in [-0.39, 0.29) is 23.1 Å². The van der Waals surface area contributed by atoms with Crippen molar-refractivity contribution in [3.05, 3.63) is 93.1 Å². The third-order valence-electron chi connectivity index (χ3n) is 7.39. The highest BCUT2D eigenvalue weighted by Gasteiger charge is 2.39. The van der Waals surface area contributed by atoms with Crippen molar-refractivity contribution >= 4 is 34.2 Å². The monoisotopic (exact) mass is 511 g/mol. The summed E-state index contributed by atoms with van der Waals surface area (Å²) in [5, 5.41) is 20.5. The molecule has 8 nitrogen and oxygen atoms in total. The molecule has 3 aliphatic heterocycles. The molecule has 0 bridgehead atoms. The summed E-state index contributed by atoms with van der Waals surface area (Å²) in [4.78, 5) is 4.95. The van der Waals surface area contributed by atoms with Gasteiger partial charge in [-0.05, 0) is 18.9 Å². The van der Waals surface area contributed by atoms with Gasteiger partial charge in [0.1, 0.15) is 17.6 Å². The number of pyridine rings is 1. The normalized spacial score (nSPS) is 19.3. The van der Waals surface area contributed by atoms with Crippen molar-refractivity contribution in [2.75, 3.05) is 20.3 Å². The Labute approximate surface area is 218 Å². The van der Waals surface area contributed by atoms with Crippen LogP contribution in [0.5, 0.6) is 0 Å². The van der Waals surface area contributed by atoms with Crippen LogP contribution in [0.15, 0.2) is 71.1 Å². The van der Waals surface area contributed by atoms with Crippen molar-refractivity contribution in [2.45, 2.75) is 25.8 Å². The molecule has 6 rings (SSSR count). The molecule has 0 unspecified atom stereocenters. The summed E-state index contributed by atoms with van der Waals surface area (Å²) in [6.45, 7) is 3.42. The van der Waals surface area contributed by atoms with Crippen LogP contribution in [-0.2, 0) is 4.74 Å². The Morgan fingerprint density at radius 3 is 2.62 bits per heavy atom. The van der Waals surface area contributed by atoms with Crippen molar-refractivity contribution in [3.8, 4) is 0 Å². The Kier molecular flexibility index (Phi) is 6.27. The maximum atomic E-state index is 11.5. The highest BCUT2D eigenvalue weighted by Crippen LogP contribution is 2.36. The number of hydrogen-bond acceptors (Lipinski definition) is 7. The Morgan fingerprint density at radius 1 is 1.14 bits per heavy atom. The molecule has 1 fully saturated rings. The average molecular weight is 512 g/mol. The lowest BCUT2D eigenvalue weighted by Gasteiger charge is -2.28. The molecule has 9 heteroatoms. The van der Waals surface area contributed by atoms with Gasteiger partial charge in [-0.25, -0.2) is 17.0 Å². The Bertz CT molecular complexity index is 1670. The van der Waals surface area contributed by atoms with Gasteiger partial charge in [0.25, 0.3) is 0 Å². The van der Waals surface area contributed by atoms with E-state index in [2.05, 4.69) is 45.2 Å². The molecule has 0 saturated carbocycles. The predicted molar refractivity (Wildman–Crippen MR) is 142 cm³/mol. The molecule has 0 aliphatic carbocycles. The third-order valence-corrected chi connectivity index (χ3v) is 7.79. The van der Waals surface area contributed by atoms with Crippen LogP contribution in [0.25, 0.3) is 5.70 Å². The predicted octanol–water partition coefficient (Wildman–Crippen LogP) is 3.45. The molecule has 1 atom stereocenters. The summed E-state index contributed by atoms with van der Waals surface area (Å²) in [7, 11) is 1.89. The zero-order valence-electron chi connectivity index (χ0n) is 20.7. The highest BCUT2D eigenvalue weighted by molar-refractivity contribution is 8.09. The average Bonchev–Trinajstić information content (AvgIpc) is 3.45. The van der Waals surface area contributed by atoms with E-state index in [1.165, 1.54) is 5.56 Å². The second kappa shape index (κ2) is 9.74. The molecular formula is C28H27N6O2S+. The summed E-state index contributed by atoms with van der Waals surface area (Å²) < 4.78 is 21.4. The van der Waals surface area contributed by atoms with Crippen LogP contribution in [0.2, 0.25) is 0 Å². The van der Waals surface area contributed by atoms with Crippen LogP contribution in [0, 0.1) is 21.9 Å². The van der Waals surface area contributed by atoms with E-state index in [4.69, 9.17) is 15.1 Å². The van der Waals surface area contributed by atoms with E-state index >= 15 is 0 Å². The highest BCUT2D eigenvalue weighted by atomic mass is 32.2. The fourth-order valence-corrected chi connectivity index (χ4v) is 5.92. The number of aromatic nitrogens is 1. The second-order valence-electron chi connectivity index (χ2n) is 9.56. The lowest BCUT2D eigenvalue weighted by Crippen LogP contribution is -2.36. The maximum absolute atomic E-state index is 11.5. The van der Waals surface area contributed by atoms with Crippen LogP contribution >= 0.6 is 12.0 Å². The lowest BCUT2D eigenvalue weighted by molar-refractivity contribution is -0.467. The molecule has 0 amide bonds. The molecule has 37 heavy (non-hydrogen) atoms. The van der Waals surface area contributed by atoms with E-state index in [1.54, 1.807) is 4.70 Å². The summed E-state index contributed by atoms with van der Waals surface area (Å²) >= 11 is 0.211. The smallest absolute Gasteiger partial charge is 0.233 e. The lowest BCUT2D eigenvalue weighted by atomic mass is 9.86. The molecule has 1 saturated heterocycles. The van der Waals surface area contributed by atoms with Gasteiger partial charge in [-0.2, -0.15) is 4.58 Å². The fourth-order valence-electron chi connectivity index (χ4n) is 5.69. The van der Waals surface area contributed by atoms with Crippen LogP contribution in [0.1, 0.15) is 36.9 Å². The Balaban J connectivity index is 1.69. The first kappa shape index (κ1) is 23.8. The van der Waals surface area contributed by atoms with Crippen LogP contribution < -0.4 is 15.2 Å². The fraction of sp³-hybridized carbons (Fsp3) is 0.286. The summed E-state index contributed by atoms with van der Waals surface area (Å²) in [5.74, 6) is 0.357. The summed E-state index contributed by atoms with van der Waals surface area (Å²) in [6.07, 6.45) is 3.78. The third kappa shape index (κ3) is 4.13. The van der Waals surface area contributed by atoms with Gasteiger partial charge in [-0.3, -0.25) is 5.41 Å². The first-order valence-corrected chi connectivity index (χ1v) is 13.1. The molecule has 3 aromatic rings. The van der Waals surface area contributed by atoms with E-state index in [9.17, 15) is 4.55 Å². The molecule has 186 valence electrons. The van der Waals surface area contributed by atoms with Crippen molar-refractivity contribution < 1.29 is 14.0 Å². The minimum atomic E-state index is 0.00580. The van der Waals surface area contributed by atoms with E-state index in [0.29, 0.717) is 11.5 Å². The molecule has 2 aromatic carbocycles. The van der Waals surface area contributed by atoms with Gasteiger partial charge >= 0.3 is 0 Å². The molecule has 3 aliphatic rings. The molecular weight excluding hydrogens is 484 g/mol. The van der Waals surface area contributed by atoms with Gasteiger partial charge in [-0.1, -0.05) is 36.4 Å². The van der Waals surface area contributed by atoms with E-state index in [1.807, 2.05) is 44.4 Å². The molecule has 0 spiro atoms. The molecule has 0 radical (unpaired) electrons. The number of nitrogens with zero attached hydrogens (tertiary/aromatic N) is 5. The number of ether oxygens (including phenoxy) is 1. The van der Waals surface area contributed by atoms with Gasteiger partial charge in [0.2, 0.25) is 22.5 Å². The standard InChI is InChI=1S/C28H27N6O2S/c1-17-26(33(2)32-31-17)21-15-24-25(30-16-21)22-9-8-20(28(29)37-35)14-23(22)34(24)27(18-6-4-3-5-7-18)19-10-12-36-13-11-19/h3-9,14-16,19,27,29H,10-13H2,1-2H3/q+1/t27-/m1/s1. The largest absolute Gasteiger partial charge is 0.794 e. The zero-order valence-corrected chi connectivity index (χ0v) is 21.5. The summed E-state index contributed by atoms with van der Waals surface area (Å²) in [5.41, 5.74) is 4.61. The van der Waals surface area contributed by atoms with Crippen molar-refractivity contribution in [2.24, 2.45) is 16.2 Å². The molecule has 1 aromatic heterocycles. The molecule has 4 heterocycles. The number of hydrogen-bond donors (Lipinski definition) is 1. The van der Waals surface area contributed by atoms with Gasteiger partial charge in [0.15, 0.2) is 6.04 Å². The minimum Gasteiger partial charge on any atom is -0.794 e. The van der Waals surface area contributed by atoms with Gasteiger partial charge < -0.3 is 9.29 Å². The van der Waals surface area contributed by atoms with Gasteiger partial charge in [-0.15, -0.1) is 4.70 Å².